The molecule has 4 heteroatoms. The first-order valence-corrected chi connectivity index (χ1v) is 7.17. The summed E-state index contributed by atoms with van der Waals surface area (Å²) in [4.78, 5) is 12.9. The standard InChI is InChI=1S/C17H18ClN3/c1-17(2,3)21-12-20-16(13-7-5-4-6-8-13)14-9-10-15(18)19-11-14/h4-11,16H,1-3H3. The van der Waals surface area contributed by atoms with E-state index in [2.05, 4.69) is 21.0 Å². The number of aliphatic imine (C=N–C) groups is 2. The molecule has 0 aliphatic rings. The van der Waals surface area contributed by atoms with Gasteiger partial charge < -0.3 is 0 Å². The zero-order chi connectivity index (χ0) is 15.3. The zero-order valence-corrected chi connectivity index (χ0v) is 13.2. The van der Waals surface area contributed by atoms with Crippen LogP contribution in [0.15, 0.2) is 58.6 Å². The topological polar surface area (TPSA) is 37.6 Å². The Labute approximate surface area is 130 Å². The van der Waals surface area contributed by atoms with Gasteiger partial charge in [-0.15, -0.1) is 0 Å². The molecule has 0 amide bonds. The van der Waals surface area contributed by atoms with Gasteiger partial charge in [0.1, 0.15) is 11.2 Å². The van der Waals surface area contributed by atoms with Crippen molar-refractivity contribution in [2.24, 2.45) is 9.98 Å². The van der Waals surface area contributed by atoms with Crippen molar-refractivity contribution >= 4 is 17.6 Å². The molecule has 2 rings (SSSR count). The number of aromatic nitrogens is 1. The number of benzene rings is 1. The van der Waals surface area contributed by atoms with E-state index >= 15 is 0 Å². The zero-order valence-electron chi connectivity index (χ0n) is 12.4. The second-order valence-corrected chi connectivity index (χ2v) is 6.13. The van der Waals surface area contributed by atoms with Gasteiger partial charge in [-0.05, 0) is 32.4 Å². The molecule has 0 aliphatic carbocycles. The van der Waals surface area contributed by atoms with Gasteiger partial charge in [-0.1, -0.05) is 48.0 Å². The molecule has 108 valence electrons. The van der Waals surface area contributed by atoms with E-state index in [1.165, 1.54) is 0 Å². The largest absolute Gasteiger partial charge is 0.244 e. The van der Waals surface area contributed by atoms with Crippen LogP contribution >= 0.6 is 11.6 Å². The van der Waals surface area contributed by atoms with E-state index in [0.717, 1.165) is 11.1 Å². The van der Waals surface area contributed by atoms with Crippen molar-refractivity contribution in [3.05, 3.63) is 64.9 Å². The third-order valence-corrected chi connectivity index (χ3v) is 2.98. The van der Waals surface area contributed by atoms with E-state index < -0.39 is 0 Å². The maximum Gasteiger partial charge on any atom is 0.129 e. The fourth-order valence-corrected chi connectivity index (χ4v) is 1.87. The number of pyridine rings is 1. The molecule has 0 saturated heterocycles. The fourth-order valence-electron chi connectivity index (χ4n) is 1.76. The lowest BCUT2D eigenvalue weighted by atomic mass is 10.0. The van der Waals surface area contributed by atoms with Crippen LogP contribution in [0, 0.1) is 0 Å². The number of rotatable bonds is 3. The summed E-state index contributed by atoms with van der Waals surface area (Å²) in [5.74, 6) is 0. The maximum absolute atomic E-state index is 5.85. The summed E-state index contributed by atoms with van der Waals surface area (Å²) >= 11 is 5.85. The van der Waals surface area contributed by atoms with E-state index in [0.29, 0.717) is 5.15 Å². The lowest BCUT2D eigenvalue weighted by molar-refractivity contribution is 0.586. The summed E-state index contributed by atoms with van der Waals surface area (Å²) in [6.07, 6.45) is 1.74. The summed E-state index contributed by atoms with van der Waals surface area (Å²) in [5, 5.41) is 0.470. The maximum atomic E-state index is 5.85. The lowest BCUT2D eigenvalue weighted by Gasteiger charge is -2.12. The van der Waals surface area contributed by atoms with Gasteiger partial charge in [0.15, 0.2) is 0 Å². The van der Waals surface area contributed by atoms with Crippen molar-refractivity contribution in [1.82, 2.24) is 4.98 Å². The van der Waals surface area contributed by atoms with Crippen LogP contribution in [0.2, 0.25) is 5.15 Å². The number of halogens is 1. The van der Waals surface area contributed by atoms with E-state index in [1.807, 2.05) is 57.2 Å². The molecule has 0 spiro atoms. The highest BCUT2D eigenvalue weighted by Gasteiger charge is 2.13. The van der Waals surface area contributed by atoms with Gasteiger partial charge in [0.25, 0.3) is 0 Å². The van der Waals surface area contributed by atoms with Crippen LogP contribution in [-0.4, -0.2) is 16.5 Å². The van der Waals surface area contributed by atoms with E-state index in [1.54, 1.807) is 12.3 Å². The van der Waals surface area contributed by atoms with Crippen LogP contribution in [-0.2, 0) is 0 Å². The molecule has 0 radical (unpaired) electrons. The summed E-state index contributed by atoms with van der Waals surface area (Å²) in [6, 6.07) is 16.4. The normalized spacial score (nSPS) is 12.4. The Morgan fingerprint density at radius 1 is 1.05 bits per heavy atom. The Kier molecular flexibility index (Phi) is 4.89. The molecule has 1 aromatic carbocycles. The highest BCUT2D eigenvalue weighted by Crippen LogP contribution is 2.25. The predicted octanol–water partition coefficient (Wildman–Crippen LogP) is 4.80. The molecular formula is C17H18ClN3. The molecule has 0 saturated carbocycles. The Hall–Kier alpha value is -1.96. The first kappa shape index (κ1) is 15.4. The molecule has 1 aromatic heterocycles. The fraction of sp³-hybridized carbons (Fsp3) is 0.294. The Balaban J connectivity index is 2.40. The van der Waals surface area contributed by atoms with Crippen molar-refractivity contribution in [3.8, 4) is 0 Å². The molecule has 21 heavy (non-hydrogen) atoms. The summed E-state index contributed by atoms with van der Waals surface area (Å²) < 4.78 is 0. The van der Waals surface area contributed by atoms with Gasteiger partial charge in [0, 0.05) is 11.8 Å². The predicted molar refractivity (Wildman–Crippen MR) is 87.1 cm³/mol. The molecule has 1 unspecified atom stereocenters. The molecule has 1 heterocycles. The molecule has 0 bridgehead atoms. The first-order valence-electron chi connectivity index (χ1n) is 6.79. The lowest BCUT2D eigenvalue weighted by Crippen LogP contribution is -2.08. The van der Waals surface area contributed by atoms with Gasteiger partial charge >= 0.3 is 0 Å². The molecule has 2 aromatic rings. The van der Waals surface area contributed by atoms with Gasteiger partial charge in [0.05, 0.1) is 11.5 Å². The monoisotopic (exact) mass is 299 g/mol. The van der Waals surface area contributed by atoms with Crippen LogP contribution in [0.4, 0.5) is 0 Å². The van der Waals surface area contributed by atoms with Crippen LogP contribution in [0.5, 0.6) is 0 Å². The van der Waals surface area contributed by atoms with Gasteiger partial charge in [-0.25, -0.2) is 15.0 Å². The van der Waals surface area contributed by atoms with Crippen molar-refractivity contribution in [2.45, 2.75) is 32.4 Å². The highest BCUT2D eigenvalue weighted by atomic mass is 35.5. The van der Waals surface area contributed by atoms with E-state index in [9.17, 15) is 0 Å². The van der Waals surface area contributed by atoms with E-state index in [4.69, 9.17) is 11.6 Å². The minimum Gasteiger partial charge on any atom is -0.244 e. The van der Waals surface area contributed by atoms with E-state index in [-0.39, 0.29) is 11.6 Å². The van der Waals surface area contributed by atoms with Gasteiger partial charge in [0.2, 0.25) is 0 Å². The molecule has 0 aliphatic heterocycles. The first-order chi connectivity index (χ1) is 9.96. The molecular weight excluding hydrogens is 282 g/mol. The molecule has 1 atom stereocenters. The van der Waals surface area contributed by atoms with Crippen LogP contribution in [0.3, 0.4) is 0 Å². The van der Waals surface area contributed by atoms with Crippen LogP contribution < -0.4 is 0 Å². The minimum atomic E-state index is -0.191. The Morgan fingerprint density at radius 3 is 2.33 bits per heavy atom. The molecule has 0 N–H and O–H groups in total. The average molecular weight is 300 g/mol. The summed E-state index contributed by atoms with van der Waals surface area (Å²) in [6.45, 7) is 6.03. The second kappa shape index (κ2) is 6.66. The summed E-state index contributed by atoms with van der Waals surface area (Å²) in [7, 11) is 0. The Morgan fingerprint density at radius 2 is 1.76 bits per heavy atom. The minimum absolute atomic E-state index is 0.179. The Bertz CT molecular complexity index is 636. The highest BCUT2D eigenvalue weighted by molar-refractivity contribution is 6.29. The van der Waals surface area contributed by atoms with Crippen LogP contribution in [0.25, 0.3) is 0 Å². The van der Waals surface area contributed by atoms with Crippen molar-refractivity contribution < 1.29 is 0 Å². The smallest absolute Gasteiger partial charge is 0.129 e. The van der Waals surface area contributed by atoms with Gasteiger partial charge in [-0.2, -0.15) is 0 Å². The number of nitrogens with zero attached hydrogens (tertiary/aromatic N) is 3. The summed E-state index contributed by atoms with van der Waals surface area (Å²) in [5.41, 5.74) is 1.84. The number of hydrogen-bond donors (Lipinski definition) is 0. The second-order valence-electron chi connectivity index (χ2n) is 5.74. The SMILES string of the molecule is CC(C)(C)N=C=NC(c1ccccc1)c1ccc(Cl)nc1. The van der Waals surface area contributed by atoms with Gasteiger partial charge in [-0.3, -0.25) is 0 Å². The van der Waals surface area contributed by atoms with Crippen LogP contribution in [0.1, 0.15) is 37.9 Å². The van der Waals surface area contributed by atoms with Crippen molar-refractivity contribution in [2.75, 3.05) is 0 Å². The third-order valence-electron chi connectivity index (χ3n) is 2.75. The van der Waals surface area contributed by atoms with Crippen molar-refractivity contribution in [3.63, 3.8) is 0 Å². The average Bonchev–Trinajstić information content (AvgIpc) is 2.45. The number of hydrogen-bond acceptors (Lipinski definition) is 3. The van der Waals surface area contributed by atoms with Crippen molar-refractivity contribution in [1.29, 1.82) is 0 Å². The molecule has 0 fully saturated rings. The quantitative estimate of drug-likeness (QED) is 0.592. The third kappa shape index (κ3) is 4.82. The molecule has 3 nitrogen and oxygen atoms in total.